The molecular weight excluding hydrogens is 276 g/mol. The lowest BCUT2D eigenvalue weighted by Crippen LogP contribution is -2.58. The molecule has 2 heterocycles. The van der Waals surface area contributed by atoms with Gasteiger partial charge in [0.2, 0.25) is 0 Å². The van der Waals surface area contributed by atoms with E-state index in [0.29, 0.717) is 18.1 Å². The van der Waals surface area contributed by atoms with Gasteiger partial charge in [0.05, 0.1) is 0 Å². The van der Waals surface area contributed by atoms with Crippen molar-refractivity contribution in [2.75, 3.05) is 13.1 Å². The van der Waals surface area contributed by atoms with Gasteiger partial charge in [-0.3, -0.25) is 4.90 Å². The smallest absolute Gasteiger partial charge is 0.0417 e. The molecule has 0 spiro atoms. The number of aryl methyl sites for hydroxylation is 1. The number of nitrogens with one attached hydrogen (secondary N) is 1. The molecule has 0 radical (unpaired) electrons. The first kappa shape index (κ1) is 15.5. The molecule has 1 aliphatic carbocycles. The van der Waals surface area contributed by atoms with Crippen molar-refractivity contribution < 1.29 is 0 Å². The van der Waals surface area contributed by atoms with Crippen LogP contribution in [0.25, 0.3) is 0 Å². The van der Waals surface area contributed by atoms with Gasteiger partial charge in [0.15, 0.2) is 0 Å². The van der Waals surface area contributed by atoms with Crippen LogP contribution in [0.5, 0.6) is 0 Å². The fourth-order valence-corrected chi connectivity index (χ4v) is 5.09. The van der Waals surface area contributed by atoms with E-state index in [1.165, 1.54) is 48.4 Å². The van der Waals surface area contributed by atoms with Crippen molar-refractivity contribution >= 4 is 11.3 Å². The predicted molar refractivity (Wildman–Crippen MR) is 92.0 cm³/mol. The Morgan fingerprint density at radius 3 is 2.67 bits per heavy atom. The second-order valence-corrected chi connectivity index (χ2v) is 8.40. The van der Waals surface area contributed by atoms with E-state index in [1.807, 2.05) is 11.3 Å². The summed E-state index contributed by atoms with van der Waals surface area (Å²) in [7, 11) is 0. The Bertz CT molecular complexity index is 450. The van der Waals surface area contributed by atoms with Crippen LogP contribution in [0, 0.1) is 12.8 Å². The Morgan fingerprint density at radius 2 is 2.00 bits per heavy atom. The predicted octanol–water partition coefficient (Wildman–Crippen LogP) is 4.36. The molecule has 1 aromatic heterocycles. The summed E-state index contributed by atoms with van der Waals surface area (Å²) in [5.41, 5.74) is 0. The van der Waals surface area contributed by atoms with E-state index in [0.717, 1.165) is 12.5 Å². The molecule has 2 nitrogen and oxygen atoms in total. The highest BCUT2D eigenvalue weighted by Gasteiger charge is 2.33. The maximum atomic E-state index is 3.84. The lowest BCUT2D eigenvalue weighted by molar-refractivity contribution is 0.0731. The number of hydrogen-bond donors (Lipinski definition) is 1. The van der Waals surface area contributed by atoms with Crippen molar-refractivity contribution in [3.63, 3.8) is 0 Å². The fourth-order valence-electron chi connectivity index (χ4n) is 4.14. The number of rotatable bonds is 3. The first-order valence-corrected chi connectivity index (χ1v) is 9.52. The molecule has 1 saturated carbocycles. The van der Waals surface area contributed by atoms with Crippen LogP contribution in [-0.2, 0) is 0 Å². The van der Waals surface area contributed by atoms with Gasteiger partial charge in [-0.25, -0.2) is 0 Å². The molecule has 1 N–H and O–H groups in total. The molecule has 3 heteroatoms. The van der Waals surface area contributed by atoms with Crippen LogP contribution in [0.2, 0.25) is 0 Å². The zero-order valence-electron chi connectivity index (χ0n) is 13.8. The van der Waals surface area contributed by atoms with E-state index >= 15 is 0 Å². The molecule has 1 aromatic rings. The van der Waals surface area contributed by atoms with Crippen LogP contribution in [0.4, 0.5) is 0 Å². The van der Waals surface area contributed by atoms with Crippen LogP contribution in [0.15, 0.2) is 12.1 Å². The van der Waals surface area contributed by atoms with E-state index < -0.39 is 0 Å². The molecule has 1 saturated heterocycles. The zero-order valence-corrected chi connectivity index (χ0v) is 14.6. The van der Waals surface area contributed by atoms with Crippen molar-refractivity contribution in [1.82, 2.24) is 10.2 Å². The van der Waals surface area contributed by atoms with Crippen LogP contribution < -0.4 is 5.32 Å². The summed E-state index contributed by atoms with van der Waals surface area (Å²) in [6.45, 7) is 9.36. The SMILES string of the molecule is Cc1ccc(C(C)N2CC(C3CCCCC3)NCC2C)s1. The number of thiophene rings is 1. The second-order valence-electron chi connectivity index (χ2n) is 7.08. The Labute approximate surface area is 133 Å². The monoisotopic (exact) mass is 306 g/mol. The summed E-state index contributed by atoms with van der Waals surface area (Å²) >= 11 is 1.97. The standard InChI is InChI=1S/C18H30N2S/c1-13-11-19-17(16-7-5-4-6-8-16)12-20(13)15(3)18-10-9-14(2)21-18/h9-10,13,15-17,19H,4-8,11-12H2,1-3H3. The molecule has 0 bridgehead atoms. The van der Waals surface area contributed by atoms with Gasteiger partial charge in [0.25, 0.3) is 0 Å². The quantitative estimate of drug-likeness (QED) is 0.892. The van der Waals surface area contributed by atoms with Gasteiger partial charge in [0.1, 0.15) is 0 Å². The maximum absolute atomic E-state index is 3.84. The van der Waals surface area contributed by atoms with Gasteiger partial charge in [-0.2, -0.15) is 0 Å². The van der Waals surface area contributed by atoms with Crippen molar-refractivity contribution in [2.45, 2.75) is 71.0 Å². The van der Waals surface area contributed by atoms with E-state index in [9.17, 15) is 0 Å². The van der Waals surface area contributed by atoms with Gasteiger partial charge >= 0.3 is 0 Å². The third-order valence-electron chi connectivity index (χ3n) is 5.54. The first-order chi connectivity index (χ1) is 10.1. The largest absolute Gasteiger partial charge is 0.311 e. The van der Waals surface area contributed by atoms with Gasteiger partial charge < -0.3 is 5.32 Å². The van der Waals surface area contributed by atoms with Crippen molar-refractivity contribution in [1.29, 1.82) is 0 Å². The molecule has 2 fully saturated rings. The van der Waals surface area contributed by atoms with Gasteiger partial charge in [-0.15, -0.1) is 11.3 Å². The highest BCUT2D eigenvalue weighted by atomic mass is 32.1. The average molecular weight is 307 g/mol. The fraction of sp³-hybridized carbons (Fsp3) is 0.778. The minimum atomic E-state index is 0.562. The number of nitrogens with zero attached hydrogens (tertiary/aromatic N) is 1. The van der Waals surface area contributed by atoms with Crippen molar-refractivity contribution in [3.05, 3.63) is 21.9 Å². The third-order valence-corrected chi connectivity index (χ3v) is 6.71. The van der Waals surface area contributed by atoms with Gasteiger partial charge in [-0.1, -0.05) is 19.3 Å². The molecule has 3 rings (SSSR count). The summed E-state index contributed by atoms with van der Waals surface area (Å²) in [6.07, 6.45) is 7.21. The number of hydrogen-bond acceptors (Lipinski definition) is 3. The van der Waals surface area contributed by atoms with Crippen LogP contribution in [0.1, 0.15) is 61.7 Å². The molecule has 0 aromatic carbocycles. The molecular formula is C18H30N2S. The first-order valence-electron chi connectivity index (χ1n) is 8.70. The average Bonchev–Trinajstić information content (AvgIpc) is 2.94. The minimum Gasteiger partial charge on any atom is -0.311 e. The lowest BCUT2D eigenvalue weighted by Gasteiger charge is -2.45. The summed E-state index contributed by atoms with van der Waals surface area (Å²) in [4.78, 5) is 5.70. The van der Waals surface area contributed by atoms with Crippen molar-refractivity contribution in [2.24, 2.45) is 5.92 Å². The Kier molecular flexibility index (Phi) is 5.03. The van der Waals surface area contributed by atoms with E-state index in [1.54, 1.807) is 0 Å². The number of piperazine rings is 1. The summed E-state index contributed by atoms with van der Waals surface area (Å²) < 4.78 is 0. The van der Waals surface area contributed by atoms with Crippen LogP contribution in [-0.4, -0.2) is 30.1 Å². The molecule has 21 heavy (non-hydrogen) atoms. The van der Waals surface area contributed by atoms with Crippen LogP contribution in [0.3, 0.4) is 0 Å². The van der Waals surface area contributed by atoms with Crippen molar-refractivity contribution in [3.8, 4) is 0 Å². The normalized spacial score (nSPS) is 30.4. The van der Waals surface area contributed by atoms with E-state index in [-0.39, 0.29) is 0 Å². The van der Waals surface area contributed by atoms with E-state index in [4.69, 9.17) is 0 Å². The van der Waals surface area contributed by atoms with E-state index in [2.05, 4.69) is 43.1 Å². The Morgan fingerprint density at radius 1 is 1.24 bits per heavy atom. The molecule has 1 aliphatic heterocycles. The Hall–Kier alpha value is -0.380. The molecule has 0 amide bonds. The highest BCUT2D eigenvalue weighted by molar-refractivity contribution is 7.12. The molecule has 3 atom stereocenters. The Balaban J connectivity index is 1.68. The lowest BCUT2D eigenvalue weighted by atomic mass is 9.82. The molecule has 2 aliphatic rings. The zero-order chi connectivity index (χ0) is 14.8. The third kappa shape index (κ3) is 3.52. The summed E-state index contributed by atoms with van der Waals surface area (Å²) in [5, 5.41) is 3.84. The second kappa shape index (κ2) is 6.80. The van der Waals surface area contributed by atoms with Crippen LogP contribution >= 0.6 is 11.3 Å². The minimum absolute atomic E-state index is 0.562. The summed E-state index contributed by atoms with van der Waals surface area (Å²) in [5.74, 6) is 0.908. The molecule has 3 unspecified atom stereocenters. The van der Waals surface area contributed by atoms with Gasteiger partial charge in [-0.05, 0) is 51.7 Å². The highest BCUT2D eigenvalue weighted by Crippen LogP contribution is 2.33. The van der Waals surface area contributed by atoms with Gasteiger partial charge in [0, 0.05) is 41.0 Å². The maximum Gasteiger partial charge on any atom is 0.0417 e. The summed E-state index contributed by atoms with van der Waals surface area (Å²) in [6, 6.07) is 6.51. The molecule has 118 valence electrons. The topological polar surface area (TPSA) is 15.3 Å².